The van der Waals surface area contributed by atoms with Gasteiger partial charge in [0.1, 0.15) is 5.82 Å². The maximum absolute atomic E-state index is 13.2. The Morgan fingerprint density at radius 3 is 2.52 bits per heavy atom. The van der Waals surface area contributed by atoms with Gasteiger partial charge in [-0.2, -0.15) is 0 Å². The minimum absolute atomic E-state index is 0.0557. The molecule has 1 amide bonds. The fourth-order valence-electron chi connectivity index (χ4n) is 3.30. The summed E-state index contributed by atoms with van der Waals surface area (Å²) in [6.45, 7) is 6.36. The van der Waals surface area contributed by atoms with E-state index in [1.807, 2.05) is 48.8 Å². The third-order valence-corrected chi connectivity index (χ3v) is 5.96. The third-order valence-electron chi connectivity index (χ3n) is 5.08. The first-order valence-electron chi connectivity index (χ1n) is 9.69. The number of amides is 1. The highest BCUT2D eigenvalue weighted by Crippen LogP contribution is 2.32. The Morgan fingerprint density at radius 1 is 1.17 bits per heavy atom. The van der Waals surface area contributed by atoms with E-state index in [0.717, 1.165) is 28.9 Å². The molecule has 1 atom stereocenters. The minimum Gasteiger partial charge on any atom is -0.294 e. The highest BCUT2D eigenvalue weighted by molar-refractivity contribution is 7.14. The Bertz CT molecular complexity index is 970. The largest absolute Gasteiger partial charge is 0.294 e. The topological polar surface area (TPSA) is 36.4 Å². The van der Waals surface area contributed by atoms with E-state index in [1.165, 1.54) is 23.5 Å². The van der Waals surface area contributed by atoms with Crippen molar-refractivity contribution in [2.75, 3.05) is 11.9 Å². The van der Waals surface area contributed by atoms with Crippen LogP contribution in [0, 0.1) is 5.82 Å². The Morgan fingerprint density at radius 2 is 1.86 bits per heavy atom. The molecule has 0 bridgehead atoms. The second-order valence-corrected chi connectivity index (χ2v) is 7.94. The minimum atomic E-state index is -0.232. The number of nitrogens with zero attached hydrogens (tertiary/aromatic N) is 3. The van der Waals surface area contributed by atoms with Gasteiger partial charge >= 0.3 is 0 Å². The number of carbonyl (C=O) groups excluding carboxylic acids is 1. The maximum atomic E-state index is 13.2. The van der Waals surface area contributed by atoms with Crippen molar-refractivity contribution in [3.8, 4) is 0 Å². The van der Waals surface area contributed by atoms with Gasteiger partial charge in [-0.15, -0.1) is 11.3 Å². The number of benzene rings is 2. The standard InChI is InChI=1S/C23H26FN3OS/c1-5-18-8-6-7-9-22(18)27(17(3)28)23-25-21(15-29-23)14-26(4)16(2)19-10-12-20(24)13-11-19/h6-13,15-16H,5,14H2,1-4H3. The van der Waals surface area contributed by atoms with Gasteiger partial charge in [0.15, 0.2) is 5.13 Å². The second kappa shape index (κ2) is 9.29. The number of carbonyl (C=O) groups is 1. The molecule has 4 nitrogen and oxygen atoms in total. The van der Waals surface area contributed by atoms with Crippen LogP contribution in [0.2, 0.25) is 0 Å². The number of aryl methyl sites for hydroxylation is 1. The molecule has 6 heteroatoms. The van der Waals surface area contributed by atoms with Gasteiger partial charge in [-0.3, -0.25) is 14.6 Å². The summed E-state index contributed by atoms with van der Waals surface area (Å²) in [5.41, 5.74) is 3.95. The van der Waals surface area contributed by atoms with E-state index in [-0.39, 0.29) is 17.8 Å². The second-order valence-electron chi connectivity index (χ2n) is 7.10. The van der Waals surface area contributed by atoms with Gasteiger partial charge in [-0.25, -0.2) is 9.37 Å². The molecule has 0 aliphatic carbocycles. The van der Waals surface area contributed by atoms with Crippen LogP contribution >= 0.6 is 11.3 Å². The van der Waals surface area contributed by atoms with E-state index in [0.29, 0.717) is 11.7 Å². The normalized spacial score (nSPS) is 12.2. The molecule has 152 valence electrons. The number of rotatable bonds is 7. The lowest BCUT2D eigenvalue weighted by atomic mass is 10.1. The SMILES string of the molecule is CCc1ccccc1N(C(C)=O)c1nc(CN(C)C(C)c2ccc(F)cc2)cs1. The van der Waals surface area contributed by atoms with E-state index in [4.69, 9.17) is 4.98 Å². The summed E-state index contributed by atoms with van der Waals surface area (Å²) in [5.74, 6) is -0.288. The van der Waals surface area contributed by atoms with Gasteiger partial charge < -0.3 is 0 Å². The Hall–Kier alpha value is -2.57. The molecule has 0 N–H and O–H groups in total. The molecule has 0 radical (unpaired) electrons. The fourth-order valence-corrected chi connectivity index (χ4v) is 4.17. The third kappa shape index (κ3) is 4.89. The molecule has 0 fully saturated rings. The molecule has 0 saturated heterocycles. The molecule has 3 aromatic rings. The van der Waals surface area contributed by atoms with Crippen molar-refractivity contribution in [3.63, 3.8) is 0 Å². The Labute approximate surface area is 175 Å². The molecule has 29 heavy (non-hydrogen) atoms. The average Bonchev–Trinajstić information content (AvgIpc) is 3.16. The van der Waals surface area contributed by atoms with Crippen LogP contribution in [-0.4, -0.2) is 22.8 Å². The molecule has 0 aliphatic rings. The summed E-state index contributed by atoms with van der Waals surface area (Å²) in [6.07, 6.45) is 0.843. The van der Waals surface area contributed by atoms with Crippen LogP contribution in [0.15, 0.2) is 53.9 Å². The lowest BCUT2D eigenvalue weighted by Gasteiger charge is -2.24. The number of thiazole rings is 1. The van der Waals surface area contributed by atoms with Crippen LogP contribution in [0.5, 0.6) is 0 Å². The van der Waals surface area contributed by atoms with Gasteiger partial charge in [-0.05, 0) is 49.7 Å². The number of para-hydroxylation sites is 1. The molecule has 1 aromatic heterocycles. The van der Waals surface area contributed by atoms with Crippen molar-refractivity contribution < 1.29 is 9.18 Å². The van der Waals surface area contributed by atoms with E-state index in [1.54, 1.807) is 11.8 Å². The average molecular weight is 412 g/mol. The highest BCUT2D eigenvalue weighted by atomic mass is 32.1. The molecular weight excluding hydrogens is 385 g/mol. The van der Waals surface area contributed by atoms with E-state index < -0.39 is 0 Å². The number of anilines is 2. The summed E-state index contributed by atoms with van der Waals surface area (Å²) in [7, 11) is 2.02. The molecule has 2 aromatic carbocycles. The lowest BCUT2D eigenvalue weighted by molar-refractivity contribution is -0.115. The van der Waals surface area contributed by atoms with E-state index in [2.05, 4.69) is 18.7 Å². The maximum Gasteiger partial charge on any atom is 0.230 e. The fraction of sp³-hybridized carbons (Fsp3) is 0.304. The molecule has 1 unspecified atom stereocenters. The zero-order valence-corrected chi connectivity index (χ0v) is 18.0. The number of hydrogen-bond acceptors (Lipinski definition) is 4. The molecular formula is C23H26FN3OS. The molecule has 0 spiro atoms. The Balaban J connectivity index is 1.79. The smallest absolute Gasteiger partial charge is 0.230 e. The summed E-state index contributed by atoms with van der Waals surface area (Å²) in [5, 5.41) is 2.67. The summed E-state index contributed by atoms with van der Waals surface area (Å²) < 4.78 is 13.2. The van der Waals surface area contributed by atoms with Crippen molar-refractivity contribution in [3.05, 3.63) is 76.5 Å². The zero-order valence-electron chi connectivity index (χ0n) is 17.2. The zero-order chi connectivity index (χ0) is 21.0. The van der Waals surface area contributed by atoms with Crippen LogP contribution in [0.25, 0.3) is 0 Å². The summed E-state index contributed by atoms with van der Waals surface area (Å²) >= 11 is 1.47. The molecule has 1 heterocycles. The van der Waals surface area contributed by atoms with E-state index in [9.17, 15) is 9.18 Å². The van der Waals surface area contributed by atoms with Crippen molar-refractivity contribution in [2.45, 2.75) is 39.8 Å². The predicted octanol–water partition coefficient (Wildman–Crippen LogP) is 5.72. The quantitative estimate of drug-likeness (QED) is 0.499. The number of hydrogen-bond donors (Lipinski definition) is 0. The van der Waals surface area contributed by atoms with Gasteiger partial charge in [0.05, 0.1) is 11.4 Å². The number of aromatic nitrogens is 1. The van der Waals surface area contributed by atoms with Crippen LogP contribution in [0.3, 0.4) is 0 Å². The van der Waals surface area contributed by atoms with Crippen LogP contribution < -0.4 is 4.90 Å². The first-order chi connectivity index (χ1) is 13.9. The van der Waals surface area contributed by atoms with Crippen LogP contribution in [-0.2, 0) is 17.8 Å². The first-order valence-corrected chi connectivity index (χ1v) is 10.6. The highest BCUT2D eigenvalue weighted by Gasteiger charge is 2.21. The van der Waals surface area contributed by atoms with Crippen molar-refractivity contribution >= 4 is 28.1 Å². The molecule has 3 rings (SSSR count). The van der Waals surface area contributed by atoms with Gasteiger partial charge in [0.25, 0.3) is 0 Å². The van der Waals surface area contributed by atoms with E-state index >= 15 is 0 Å². The number of halogens is 1. The first kappa shape index (κ1) is 21.1. The van der Waals surface area contributed by atoms with Crippen molar-refractivity contribution in [1.29, 1.82) is 0 Å². The van der Waals surface area contributed by atoms with Gasteiger partial charge in [0.2, 0.25) is 5.91 Å². The van der Waals surface area contributed by atoms with Crippen molar-refractivity contribution in [1.82, 2.24) is 9.88 Å². The van der Waals surface area contributed by atoms with Gasteiger partial charge in [0, 0.05) is 24.9 Å². The predicted molar refractivity (Wildman–Crippen MR) is 117 cm³/mol. The summed E-state index contributed by atoms with van der Waals surface area (Å²) in [6, 6.07) is 14.6. The monoisotopic (exact) mass is 411 g/mol. The van der Waals surface area contributed by atoms with Gasteiger partial charge in [-0.1, -0.05) is 37.3 Å². The Kier molecular flexibility index (Phi) is 6.77. The van der Waals surface area contributed by atoms with Crippen LogP contribution in [0.4, 0.5) is 15.2 Å². The van der Waals surface area contributed by atoms with Crippen molar-refractivity contribution in [2.24, 2.45) is 0 Å². The lowest BCUT2D eigenvalue weighted by Crippen LogP contribution is -2.24. The van der Waals surface area contributed by atoms with Crippen LogP contribution in [0.1, 0.15) is 43.6 Å². The molecule has 0 saturated carbocycles. The molecule has 0 aliphatic heterocycles. The summed E-state index contributed by atoms with van der Waals surface area (Å²) in [4.78, 5) is 21.0.